The van der Waals surface area contributed by atoms with E-state index in [0.717, 1.165) is 17.3 Å². The number of methoxy groups -OCH3 is 1. The largest absolute Gasteiger partial charge is 0.383 e. The van der Waals surface area contributed by atoms with Gasteiger partial charge in [-0.2, -0.15) is 0 Å². The van der Waals surface area contributed by atoms with Crippen LogP contribution in [0.15, 0.2) is 36.5 Å². The molecule has 0 aliphatic carbocycles. The third-order valence-electron chi connectivity index (χ3n) is 3.33. The van der Waals surface area contributed by atoms with Gasteiger partial charge in [0.25, 0.3) is 5.91 Å². The van der Waals surface area contributed by atoms with Crippen LogP contribution in [0, 0.1) is 0 Å². The molecule has 1 heterocycles. The minimum atomic E-state index is 0.00579. The van der Waals surface area contributed by atoms with Crippen molar-refractivity contribution in [2.24, 2.45) is 5.73 Å². The Morgan fingerprint density at radius 3 is 2.95 bits per heavy atom. The molecule has 0 radical (unpaired) electrons. The average Bonchev–Trinajstić information content (AvgIpc) is 2.54. The van der Waals surface area contributed by atoms with E-state index in [1.54, 1.807) is 18.2 Å². The molecule has 5 nitrogen and oxygen atoms in total. The minimum Gasteiger partial charge on any atom is -0.383 e. The molecule has 1 aromatic heterocycles. The van der Waals surface area contributed by atoms with Crippen molar-refractivity contribution in [3.05, 3.63) is 42.1 Å². The van der Waals surface area contributed by atoms with E-state index < -0.39 is 0 Å². The Morgan fingerprint density at radius 1 is 1.33 bits per heavy atom. The third-order valence-corrected chi connectivity index (χ3v) is 3.33. The maximum atomic E-state index is 12.6. The standard InChI is InChI=1S/C16H21N3O2/c1-21-11-10-19(9-3-7-17)16(20)14-5-6-15-13(12-14)4-2-8-18-15/h2,4-6,8,12H,3,7,9-11,17H2,1H3. The molecule has 2 aromatic rings. The Bertz CT molecular complexity index is 593. The van der Waals surface area contributed by atoms with Gasteiger partial charge in [-0.15, -0.1) is 0 Å². The van der Waals surface area contributed by atoms with E-state index >= 15 is 0 Å². The molecule has 0 aliphatic heterocycles. The van der Waals surface area contributed by atoms with E-state index in [1.807, 2.05) is 30.3 Å². The van der Waals surface area contributed by atoms with Crippen LogP contribution >= 0.6 is 0 Å². The van der Waals surface area contributed by atoms with Gasteiger partial charge in [-0.05, 0) is 37.2 Å². The summed E-state index contributed by atoms with van der Waals surface area (Å²) in [5, 5.41) is 0.967. The van der Waals surface area contributed by atoms with Crippen molar-refractivity contribution >= 4 is 16.8 Å². The molecule has 21 heavy (non-hydrogen) atoms. The second-order valence-corrected chi connectivity index (χ2v) is 4.84. The summed E-state index contributed by atoms with van der Waals surface area (Å²) >= 11 is 0. The lowest BCUT2D eigenvalue weighted by Gasteiger charge is -2.22. The molecule has 5 heteroatoms. The molecule has 0 fully saturated rings. The molecule has 0 aliphatic rings. The van der Waals surface area contributed by atoms with Crippen LogP contribution in [0.1, 0.15) is 16.8 Å². The molecule has 1 amide bonds. The molecular weight excluding hydrogens is 266 g/mol. The number of hydrogen-bond acceptors (Lipinski definition) is 4. The van der Waals surface area contributed by atoms with E-state index in [0.29, 0.717) is 31.8 Å². The molecule has 0 saturated heterocycles. The highest BCUT2D eigenvalue weighted by Crippen LogP contribution is 2.15. The minimum absolute atomic E-state index is 0.00579. The number of amides is 1. The molecule has 0 bridgehead atoms. The van der Waals surface area contributed by atoms with Crippen LogP contribution < -0.4 is 5.73 Å². The van der Waals surface area contributed by atoms with Gasteiger partial charge in [0.15, 0.2) is 0 Å². The number of nitrogens with two attached hydrogens (primary N) is 1. The summed E-state index contributed by atoms with van der Waals surface area (Å²) in [5.74, 6) is 0.00579. The summed E-state index contributed by atoms with van der Waals surface area (Å²) in [6, 6.07) is 9.40. The van der Waals surface area contributed by atoms with Gasteiger partial charge in [0.1, 0.15) is 0 Å². The number of carbonyl (C=O) groups excluding carboxylic acids is 1. The van der Waals surface area contributed by atoms with Gasteiger partial charge < -0.3 is 15.4 Å². The maximum absolute atomic E-state index is 12.6. The first-order valence-corrected chi connectivity index (χ1v) is 7.09. The van der Waals surface area contributed by atoms with Crippen molar-refractivity contribution in [2.75, 3.05) is 33.4 Å². The fraction of sp³-hybridized carbons (Fsp3) is 0.375. The summed E-state index contributed by atoms with van der Waals surface area (Å²) in [5.41, 5.74) is 7.10. The number of rotatable bonds is 7. The number of nitrogens with zero attached hydrogens (tertiary/aromatic N) is 2. The van der Waals surface area contributed by atoms with Crippen LogP contribution in [0.3, 0.4) is 0 Å². The summed E-state index contributed by atoms with van der Waals surface area (Å²) in [6.07, 6.45) is 2.53. The van der Waals surface area contributed by atoms with Gasteiger partial charge in [0.2, 0.25) is 0 Å². The molecule has 112 valence electrons. The smallest absolute Gasteiger partial charge is 0.253 e. The Hall–Kier alpha value is -1.98. The van der Waals surface area contributed by atoms with Crippen molar-refractivity contribution in [2.45, 2.75) is 6.42 Å². The maximum Gasteiger partial charge on any atom is 0.253 e. The van der Waals surface area contributed by atoms with Crippen LogP contribution in [0.4, 0.5) is 0 Å². The molecule has 1 aromatic carbocycles. The predicted molar refractivity (Wildman–Crippen MR) is 83.2 cm³/mol. The Kier molecular flexibility index (Phi) is 5.66. The molecule has 0 spiro atoms. The quantitative estimate of drug-likeness (QED) is 0.841. The Labute approximate surface area is 124 Å². The highest BCUT2D eigenvalue weighted by atomic mass is 16.5. The lowest BCUT2D eigenvalue weighted by Crippen LogP contribution is -2.35. The van der Waals surface area contributed by atoms with E-state index in [-0.39, 0.29) is 5.91 Å². The zero-order valence-corrected chi connectivity index (χ0v) is 12.3. The van der Waals surface area contributed by atoms with Crippen LogP contribution in [0.2, 0.25) is 0 Å². The van der Waals surface area contributed by atoms with Crippen molar-refractivity contribution < 1.29 is 9.53 Å². The fourth-order valence-corrected chi connectivity index (χ4v) is 2.19. The molecule has 0 unspecified atom stereocenters. The monoisotopic (exact) mass is 287 g/mol. The Balaban J connectivity index is 2.20. The van der Waals surface area contributed by atoms with E-state index in [2.05, 4.69) is 4.98 Å². The number of aromatic nitrogens is 1. The molecule has 0 saturated carbocycles. The highest BCUT2D eigenvalue weighted by molar-refractivity contribution is 5.97. The second-order valence-electron chi connectivity index (χ2n) is 4.84. The lowest BCUT2D eigenvalue weighted by molar-refractivity contribution is 0.0694. The zero-order chi connectivity index (χ0) is 15.1. The van der Waals surface area contributed by atoms with Gasteiger partial charge in [0, 0.05) is 37.3 Å². The van der Waals surface area contributed by atoms with E-state index in [1.165, 1.54) is 0 Å². The van der Waals surface area contributed by atoms with Crippen molar-refractivity contribution in [1.82, 2.24) is 9.88 Å². The molecule has 2 rings (SSSR count). The topological polar surface area (TPSA) is 68.5 Å². The van der Waals surface area contributed by atoms with Gasteiger partial charge in [0.05, 0.1) is 12.1 Å². The first kappa shape index (κ1) is 15.4. The summed E-state index contributed by atoms with van der Waals surface area (Å²) in [7, 11) is 1.63. The SMILES string of the molecule is COCCN(CCCN)C(=O)c1ccc2ncccc2c1. The van der Waals surface area contributed by atoms with Crippen LogP contribution in [0.5, 0.6) is 0 Å². The van der Waals surface area contributed by atoms with Crippen molar-refractivity contribution in [3.8, 4) is 0 Å². The summed E-state index contributed by atoms with van der Waals surface area (Å²) in [4.78, 5) is 18.7. The number of hydrogen-bond donors (Lipinski definition) is 1. The van der Waals surface area contributed by atoms with Gasteiger partial charge in [-0.3, -0.25) is 9.78 Å². The van der Waals surface area contributed by atoms with Crippen molar-refractivity contribution in [3.63, 3.8) is 0 Å². The van der Waals surface area contributed by atoms with Gasteiger partial charge >= 0.3 is 0 Å². The normalized spacial score (nSPS) is 10.8. The highest BCUT2D eigenvalue weighted by Gasteiger charge is 2.15. The van der Waals surface area contributed by atoms with Crippen LogP contribution in [0.25, 0.3) is 10.9 Å². The number of ether oxygens (including phenoxy) is 1. The first-order chi connectivity index (χ1) is 10.3. The molecule has 0 atom stereocenters. The van der Waals surface area contributed by atoms with E-state index in [4.69, 9.17) is 10.5 Å². The number of carbonyl (C=O) groups is 1. The van der Waals surface area contributed by atoms with Crippen LogP contribution in [-0.4, -0.2) is 49.1 Å². The van der Waals surface area contributed by atoms with Gasteiger partial charge in [-0.1, -0.05) is 6.07 Å². The van der Waals surface area contributed by atoms with Gasteiger partial charge in [-0.25, -0.2) is 0 Å². The van der Waals surface area contributed by atoms with Crippen LogP contribution in [-0.2, 0) is 4.74 Å². The second kappa shape index (κ2) is 7.71. The number of benzene rings is 1. The van der Waals surface area contributed by atoms with E-state index in [9.17, 15) is 4.79 Å². The number of pyridine rings is 1. The molecular formula is C16H21N3O2. The molecule has 2 N–H and O–H groups in total. The zero-order valence-electron chi connectivity index (χ0n) is 12.3. The third kappa shape index (κ3) is 4.00. The lowest BCUT2D eigenvalue weighted by atomic mass is 10.1. The summed E-state index contributed by atoms with van der Waals surface area (Å²) < 4.78 is 5.07. The fourth-order valence-electron chi connectivity index (χ4n) is 2.19. The first-order valence-electron chi connectivity index (χ1n) is 7.09. The van der Waals surface area contributed by atoms with Crippen molar-refractivity contribution in [1.29, 1.82) is 0 Å². The summed E-state index contributed by atoms with van der Waals surface area (Å²) in [6.45, 7) is 2.30. The predicted octanol–water partition coefficient (Wildman–Crippen LogP) is 1.67. The number of fused-ring (bicyclic) bond motifs is 1. The Morgan fingerprint density at radius 2 is 2.19 bits per heavy atom. The average molecular weight is 287 g/mol.